The minimum atomic E-state index is -0.867. The van der Waals surface area contributed by atoms with Crippen molar-refractivity contribution in [2.45, 2.75) is 56.3 Å². The normalized spacial score (nSPS) is 26.8. The van der Waals surface area contributed by atoms with Gasteiger partial charge in [0.2, 0.25) is 11.8 Å². The number of fused-ring (bicyclic) bond motifs is 1. The van der Waals surface area contributed by atoms with E-state index in [0.717, 1.165) is 31.5 Å². The Balaban J connectivity index is 1.31. The van der Waals surface area contributed by atoms with Crippen LogP contribution in [-0.2, 0) is 14.3 Å². The van der Waals surface area contributed by atoms with Gasteiger partial charge in [0.05, 0.1) is 24.4 Å². The lowest BCUT2D eigenvalue weighted by molar-refractivity contribution is -0.133. The van der Waals surface area contributed by atoms with E-state index in [-0.39, 0.29) is 35.6 Å². The number of halogens is 2. The van der Waals surface area contributed by atoms with Crippen molar-refractivity contribution in [3.05, 3.63) is 29.8 Å². The minimum Gasteiger partial charge on any atom is -0.383 e. The van der Waals surface area contributed by atoms with Gasteiger partial charge in [0.1, 0.15) is 11.6 Å². The van der Waals surface area contributed by atoms with E-state index in [1.54, 1.807) is 7.11 Å². The fourth-order valence-electron chi connectivity index (χ4n) is 5.25. The van der Waals surface area contributed by atoms with Crippen molar-refractivity contribution in [1.29, 1.82) is 0 Å². The molecular weight excluding hydrogens is 448 g/mol. The first-order chi connectivity index (χ1) is 16.4. The summed E-state index contributed by atoms with van der Waals surface area (Å²) in [4.78, 5) is 41.5. The van der Waals surface area contributed by atoms with Gasteiger partial charge < -0.3 is 25.6 Å². The van der Waals surface area contributed by atoms with E-state index in [1.807, 2.05) is 9.80 Å². The van der Waals surface area contributed by atoms with E-state index in [4.69, 9.17) is 4.74 Å². The number of carbonyl (C=O) groups excluding carboxylic acids is 3. The highest BCUT2D eigenvalue weighted by Gasteiger charge is 2.44. The zero-order valence-electron chi connectivity index (χ0n) is 19.2. The minimum absolute atomic E-state index is 0.0143. The summed E-state index contributed by atoms with van der Waals surface area (Å²) in [6, 6.07) is 1.68. The molecule has 0 saturated carbocycles. The van der Waals surface area contributed by atoms with E-state index in [9.17, 15) is 23.2 Å². The monoisotopic (exact) mass is 479 g/mol. The van der Waals surface area contributed by atoms with Crippen LogP contribution in [0.5, 0.6) is 0 Å². The number of benzene rings is 1. The molecule has 3 aliphatic heterocycles. The number of methoxy groups -OCH3 is 1. The van der Waals surface area contributed by atoms with Gasteiger partial charge in [0.15, 0.2) is 0 Å². The Bertz CT molecular complexity index is 933. The number of amides is 4. The van der Waals surface area contributed by atoms with Gasteiger partial charge in [-0.2, -0.15) is 0 Å². The average Bonchev–Trinajstić information content (AvgIpc) is 3.43. The van der Waals surface area contributed by atoms with Crippen LogP contribution in [0.4, 0.5) is 19.3 Å². The predicted molar refractivity (Wildman–Crippen MR) is 120 cm³/mol. The molecule has 34 heavy (non-hydrogen) atoms. The molecule has 4 amide bonds. The fourth-order valence-corrected chi connectivity index (χ4v) is 5.25. The first-order valence-electron chi connectivity index (χ1n) is 11.7. The van der Waals surface area contributed by atoms with Gasteiger partial charge in [-0.05, 0) is 37.8 Å². The Morgan fingerprint density at radius 2 is 2.09 bits per heavy atom. The van der Waals surface area contributed by atoms with Crippen molar-refractivity contribution in [1.82, 2.24) is 20.4 Å². The maximum atomic E-state index is 13.8. The van der Waals surface area contributed by atoms with Crippen molar-refractivity contribution < 1.29 is 27.9 Å². The molecule has 3 aliphatic rings. The van der Waals surface area contributed by atoms with Crippen LogP contribution in [0.25, 0.3) is 0 Å². The molecule has 4 rings (SSSR count). The van der Waals surface area contributed by atoms with Crippen molar-refractivity contribution in [3.8, 4) is 0 Å². The summed E-state index contributed by atoms with van der Waals surface area (Å²) in [6.07, 6.45) is 3.32. The zero-order valence-corrected chi connectivity index (χ0v) is 19.2. The summed E-state index contributed by atoms with van der Waals surface area (Å²) in [5, 5.41) is 8.07. The van der Waals surface area contributed by atoms with Gasteiger partial charge in [0, 0.05) is 51.3 Å². The van der Waals surface area contributed by atoms with E-state index in [2.05, 4.69) is 16.0 Å². The topological polar surface area (TPSA) is 103 Å². The van der Waals surface area contributed by atoms with Crippen LogP contribution in [0.15, 0.2) is 18.2 Å². The van der Waals surface area contributed by atoms with Gasteiger partial charge in [-0.25, -0.2) is 13.6 Å². The highest BCUT2D eigenvalue weighted by atomic mass is 19.1. The van der Waals surface area contributed by atoms with Gasteiger partial charge >= 0.3 is 6.03 Å². The van der Waals surface area contributed by atoms with Crippen molar-refractivity contribution in [2.24, 2.45) is 0 Å². The molecule has 186 valence electrons. The van der Waals surface area contributed by atoms with Gasteiger partial charge in [-0.1, -0.05) is 0 Å². The third kappa shape index (κ3) is 5.47. The molecule has 0 radical (unpaired) electrons. The van der Waals surface area contributed by atoms with Crippen molar-refractivity contribution in [2.75, 3.05) is 38.7 Å². The summed E-state index contributed by atoms with van der Waals surface area (Å²) in [7, 11) is 1.64. The summed E-state index contributed by atoms with van der Waals surface area (Å²) in [5.41, 5.74) is -0.127. The van der Waals surface area contributed by atoms with Gasteiger partial charge in [-0.3, -0.25) is 14.5 Å². The van der Waals surface area contributed by atoms with Crippen LogP contribution in [0.2, 0.25) is 0 Å². The number of piperazine rings is 1. The molecule has 9 nitrogen and oxygen atoms in total. The summed E-state index contributed by atoms with van der Waals surface area (Å²) in [5.74, 6) is -1.60. The molecule has 4 atom stereocenters. The largest absolute Gasteiger partial charge is 0.383 e. The number of anilines is 1. The van der Waals surface area contributed by atoms with Crippen molar-refractivity contribution in [3.63, 3.8) is 0 Å². The fraction of sp³-hybridized carbons (Fsp3) is 0.609. The van der Waals surface area contributed by atoms with E-state index in [1.165, 1.54) is 0 Å². The van der Waals surface area contributed by atoms with Crippen LogP contribution in [0, 0.1) is 11.6 Å². The lowest BCUT2D eigenvalue weighted by atomic mass is 10.0. The third-order valence-corrected chi connectivity index (χ3v) is 6.89. The molecule has 1 aromatic rings. The number of rotatable bonds is 7. The number of ether oxygens (including phenoxy) is 1. The molecule has 1 aromatic carbocycles. The van der Waals surface area contributed by atoms with E-state index in [0.29, 0.717) is 45.0 Å². The van der Waals surface area contributed by atoms with E-state index >= 15 is 0 Å². The highest BCUT2D eigenvalue weighted by molar-refractivity contribution is 5.90. The Morgan fingerprint density at radius 3 is 2.85 bits per heavy atom. The van der Waals surface area contributed by atoms with Gasteiger partial charge in [-0.15, -0.1) is 0 Å². The van der Waals surface area contributed by atoms with Crippen LogP contribution in [-0.4, -0.2) is 85.2 Å². The van der Waals surface area contributed by atoms with Crippen LogP contribution in [0.3, 0.4) is 0 Å². The maximum absolute atomic E-state index is 13.8. The Hall–Kier alpha value is -2.79. The van der Waals surface area contributed by atoms with Gasteiger partial charge in [0.25, 0.3) is 0 Å². The zero-order chi connectivity index (χ0) is 24.2. The second-order valence-electron chi connectivity index (χ2n) is 9.14. The molecule has 11 heteroatoms. The molecule has 4 unspecified atom stereocenters. The molecule has 0 spiro atoms. The summed E-state index contributed by atoms with van der Waals surface area (Å²) < 4.78 is 32.1. The molecule has 3 saturated heterocycles. The first kappa shape index (κ1) is 24.3. The number of nitrogens with zero attached hydrogens (tertiary/aromatic N) is 2. The summed E-state index contributed by atoms with van der Waals surface area (Å²) in [6.45, 7) is 2.18. The first-order valence-corrected chi connectivity index (χ1v) is 11.7. The number of urea groups is 1. The second-order valence-corrected chi connectivity index (χ2v) is 9.14. The Kier molecular flexibility index (Phi) is 7.62. The number of hydrogen-bond donors (Lipinski definition) is 3. The Morgan fingerprint density at radius 1 is 1.26 bits per heavy atom. The third-order valence-electron chi connectivity index (χ3n) is 6.89. The second kappa shape index (κ2) is 10.6. The average molecular weight is 480 g/mol. The highest BCUT2D eigenvalue weighted by Crippen LogP contribution is 2.27. The SMILES string of the molecule is COCC1CCCN1C(=O)CCC1CNC(=O)C2CC(NC(=O)Nc3ccc(F)cc3F)CN12. The predicted octanol–water partition coefficient (Wildman–Crippen LogP) is 1.45. The van der Waals surface area contributed by atoms with Crippen LogP contribution in [0.1, 0.15) is 32.1 Å². The quantitative estimate of drug-likeness (QED) is 0.549. The molecule has 3 N–H and O–H groups in total. The molecule has 0 aromatic heterocycles. The smallest absolute Gasteiger partial charge is 0.319 e. The van der Waals surface area contributed by atoms with E-state index < -0.39 is 23.7 Å². The maximum Gasteiger partial charge on any atom is 0.319 e. The molecule has 3 heterocycles. The summed E-state index contributed by atoms with van der Waals surface area (Å²) >= 11 is 0. The van der Waals surface area contributed by atoms with Crippen LogP contribution >= 0.6 is 0 Å². The number of nitrogens with one attached hydrogen (secondary N) is 3. The Labute approximate surface area is 197 Å². The standard InChI is InChI=1S/C23H31F2N5O4/c1-34-13-17-3-2-8-29(17)21(31)7-5-16-11-26-22(32)20-10-15(12-30(16)20)27-23(33)28-19-6-4-14(24)9-18(19)25/h4,6,9,15-17,20H,2-3,5,7-8,10-13H2,1H3,(H,26,32)(H2,27,28,33). The molecule has 0 bridgehead atoms. The molecule has 0 aliphatic carbocycles. The number of likely N-dealkylation sites (tertiary alicyclic amines) is 1. The number of hydrogen-bond acceptors (Lipinski definition) is 5. The lowest BCUT2D eigenvalue weighted by Gasteiger charge is -2.37. The van der Waals surface area contributed by atoms with Crippen molar-refractivity contribution >= 4 is 23.5 Å². The lowest BCUT2D eigenvalue weighted by Crippen LogP contribution is -2.58. The number of carbonyl (C=O) groups is 3. The van der Waals surface area contributed by atoms with Crippen LogP contribution < -0.4 is 16.0 Å². The molecule has 3 fully saturated rings. The molecular formula is C23H31F2N5O4.